The van der Waals surface area contributed by atoms with Crippen LogP contribution in [0.3, 0.4) is 0 Å². The fraction of sp³-hybridized carbons (Fsp3) is 0.368. The third kappa shape index (κ3) is 3.94. The van der Waals surface area contributed by atoms with E-state index in [1.165, 1.54) is 18.3 Å². The number of halogens is 1. The molecule has 0 heterocycles. The summed E-state index contributed by atoms with van der Waals surface area (Å²) in [5, 5.41) is 0. The van der Waals surface area contributed by atoms with E-state index in [2.05, 4.69) is 58.0 Å². The lowest BCUT2D eigenvalue weighted by Gasteiger charge is -2.18. The van der Waals surface area contributed by atoms with Crippen molar-refractivity contribution >= 4 is 0 Å². The normalized spacial score (nSPS) is 11.4. The molecule has 0 amide bonds. The molecule has 2 aromatic rings. The molecule has 2 nitrogen and oxygen atoms in total. The van der Waals surface area contributed by atoms with Crippen LogP contribution in [-0.4, -0.2) is 14.2 Å². The summed E-state index contributed by atoms with van der Waals surface area (Å²) >= 11 is -0.269. The van der Waals surface area contributed by atoms with Crippen LogP contribution in [0.5, 0.6) is 11.5 Å². The molecule has 0 radical (unpaired) electrons. The smallest absolute Gasteiger partial charge is 0.362 e. The molecule has 3 heteroatoms. The van der Waals surface area contributed by atoms with Crippen molar-refractivity contribution in [3.05, 3.63) is 54.7 Å². The van der Waals surface area contributed by atoms with Crippen molar-refractivity contribution in [3.8, 4) is 11.5 Å². The van der Waals surface area contributed by atoms with Gasteiger partial charge in [0.05, 0.1) is 14.2 Å². The monoisotopic (exact) mass is 411 g/mol. The minimum Gasteiger partial charge on any atom is -0.497 e. The zero-order chi connectivity index (χ0) is 16.3. The number of ether oxygens (including phenoxy) is 2. The molecule has 0 aliphatic rings. The third-order valence-electron chi connectivity index (χ3n) is 3.56. The molecule has 0 bridgehead atoms. The second-order valence-corrected chi connectivity index (χ2v) is 9.18. The van der Waals surface area contributed by atoms with Crippen molar-refractivity contribution in [2.24, 2.45) is 0 Å². The average Bonchev–Trinajstić information content (AvgIpc) is 2.48. The summed E-state index contributed by atoms with van der Waals surface area (Å²) in [6, 6.07) is 13.1. The van der Waals surface area contributed by atoms with Crippen LogP contribution >= 0.6 is 0 Å². The first-order chi connectivity index (χ1) is 10.3. The number of methoxy groups -OCH3 is 2. The van der Waals surface area contributed by atoms with E-state index in [0.717, 1.165) is 11.5 Å². The van der Waals surface area contributed by atoms with E-state index in [4.69, 9.17) is 9.47 Å². The zero-order valence-corrected chi connectivity index (χ0v) is 16.3. The van der Waals surface area contributed by atoms with Crippen molar-refractivity contribution in [1.29, 1.82) is 0 Å². The first-order valence-corrected chi connectivity index (χ1v) is 9.49. The molecule has 0 aromatic heterocycles. The Morgan fingerprint density at radius 3 is 2.05 bits per heavy atom. The van der Waals surface area contributed by atoms with E-state index in [-0.39, 0.29) is 26.6 Å². The Balaban J connectivity index is 2.31. The van der Waals surface area contributed by atoms with Gasteiger partial charge in [-0.1, -0.05) is 32.9 Å². The van der Waals surface area contributed by atoms with Crippen LogP contribution in [0.4, 0.5) is 0 Å². The summed E-state index contributed by atoms with van der Waals surface area (Å²) in [5.74, 6) is 1.79. The molecule has 22 heavy (non-hydrogen) atoms. The number of aryl methyl sites for hydroxylation is 1. The van der Waals surface area contributed by atoms with Crippen LogP contribution in [0.25, 0.3) is 0 Å². The van der Waals surface area contributed by atoms with Crippen molar-refractivity contribution in [2.45, 2.75) is 33.1 Å². The van der Waals surface area contributed by atoms with Gasteiger partial charge < -0.3 is 9.47 Å². The maximum atomic E-state index is 5.57. The average molecular weight is 411 g/mol. The highest BCUT2D eigenvalue weighted by molar-refractivity contribution is 5.37. The standard InChI is InChI=1S/C19H24IO2/c1-13-11-16(21-5)12-17(22-6)18(13)20-15-9-7-14(8-10-15)19(2,3)4/h7-12H,1-6H3/q+1. The topological polar surface area (TPSA) is 18.5 Å². The number of hydrogen-bond donors (Lipinski definition) is 0. The Morgan fingerprint density at radius 2 is 1.55 bits per heavy atom. The molecule has 0 N–H and O–H groups in total. The van der Waals surface area contributed by atoms with Crippen molar-refractivity contribution in [1.82, 2.24) is 0 Å². The molecule has 118 valence electrons. The van der Waals surface area contributed by atoms with Gasteiger partial charge in [0.1, 0.15) is 5.75 Å². The predicted molar refractivity (Wildman–Crippen MR) is 86.8 cm³/mol. The highest BCUT2D eigenvalue weighted by Crippen LogP contribution is 2.23. The SMILES string of the molecule is COc1cc(C)c([I+]c2ccc(C(C)(C)C)cc2)c(OC)c1. The van der Waals surface area contributed by atoms with E-state index in [9.17, 15) is 0 Å². The molecule has 0 aliphatic carbocycles. The van der Waals surface area contributed by atoms with E-state index in [0.29, 0.717) is 0 Å². The zero-order valence-electron chi connectivity index (χ0n) is 14.2. The van der Waals surface area contributed by atoms with E-state index in [1.54, 1.807) is 14.2 Å². The van der Waals surface area contributed by atoms with Crippen LogP contribution in [0, 0.1) is 14.1 Å². The quantitative estimate of drug-likeness (QED) is 0.710. The first-order valence-electron chi connectivity index (χ1n) is 7.33. The van der Waals surface area contributed by atoms with E-state index < -0.39 is 0 Å². The Kier molecular flexibility index (Phi) is 5.37. The van der Waals surface area contributed by atoms with Gasteiger partial charge in [-0.2, -0.15) is 0 Å². The second-order valence-electron chi connectivity index (χ2n) is 6.31. The summed E-state index contributed by atoms with van der Waals surface area (Å²) in [4.78, 5) is 0. The fourth-order valence-corrected chi connectivity index (χ4v) is 4.78. The molecule has 0 saturated heterocycles. The van der Waals surface area contributed by atoms with Crippen LogP contribution in [-0.2, 0) is 5.41 Å². The van der Waals surface area contributed by atoms with Crippen LogP contribution in [0.1, 0.15) is 31.9 Å². The molecule has 2 aromatic carbocycles. The van der Waals surface area contributed by atoms with Crippen LogP contribution in [0.15, 0.2) is 36.4 Å². The summed E-state index contributed by atoms with van der Waals surface area (Å²) in [6.45, 7) is 8.86. The number of rotatable bonds is 4. The lowest BCUT2D eigenvalue weighted by atomic mass is 9.87. The van der Waals surface area contributed by atoms with Gasteiger partial charge in [-0.05, 0) is 36.1 Å². The van der Waals surface area contributed by atoms with Crippen molar-refractivity contribution in [3.63, 3.8) is 0 Å². The van der Waals surface area contributed by atoms with Gasteiger partial charge in [0.2, 0.25) is 3.57 Å². The molecule has 0 aliphatic heterocycles. The lowest BCUT2D eigenvalue weighted by Crippen LogP contribution is -3.61. The molecule has 0 fully saturated rings. The summed E-state index contributed by atoms with van der Waals surface area (Å²) in [7, 11) is 3.41. The molecule has 0 saturated carbocycles. The van der Waals surface area contributed by atoms with E-state index in [1.807, 2.05) is 6.07 Å². The van der Waals surface area contributed by atoms with Gasteiger partial charge in [0, 0.05) is 11.6 Å². The largest absolute Gasteiger partial charge is 0.497 e. The molecule has 0 unspecified atom stereocenters. The second kappa shape index (κ2) is 6.90. The minimum absolute atomic E-state index is 0.199. The number of benzene rings is 2. The maximum absolute atomic E-state index is 5.57. The predicted octanol–water partition coefficient (Wildman–Crippen LogP) is 1.44. The summed E-state index contributed by atoms with van der Waals surface area (Å²) in [5.41, 5.74) is 2.81. The molecular weight excluding hydrogens is 387 g/mol. The van der Waals surface area contributed by atoms with Gasteiger partial charge in [-0.25, -0.2) is 0 Å². The first kappa shape index (κ1) is 17.1. The number of hydrogen-bond acceptors (Lipinski definition) is 2. The van der Waals surface area contributed by atoms with Crippen molar-refractivity contribution in [2.75, 3.05) is 14.2 Å². The Labute approximate surface area is 144 Å². The molecule has 0 atom stereocenters. The Hall–Kier alpha value is -1.23. The highest BCUT2D eigenvalue weighted by atomic mass is 127. The summed E-state index contributed by atoms with van der Waals surface area (Å²) in [6.07, 6.45) is 0. The Bertz CT molecular complexity index is 640. The van der Waals surface area contributed by atoms with Gasteiger partial charge in [-0.3, -0.25) is 0 Å². The third-order valence-corrected chi connectivity index (χ3v) is 6.83. The fourth-order valence-electron chi connectivity index (χ4n) is 2.21. The van der Waals surface area contributed by atoms with Crippen molar-refractivity contribution < 1.29 is 30.7 Å². The Morgan fingerprint density at radius 1 is 0.909 bits per heavy atom. The lowest BCUT2D eigenvalue weighted by molar-refractivity contribution is -0.598. The van der Waals surface area contributed by atoms with Gasteiger partial charge >= 0.3 is 21.2 Å². The van der Waals surface area contributed by atoms with E-state index >= 15 is 0 Å². The maximum Gasteiger partial charge on any atom is 0.362 e. The van der Waals surface area contributed by atoms with Gasteiger partial charge in [-0.15, -0.1) is 0 Å². The molecule has 2 rings (SSSR count). The minimum atomic E-state index is -0.269. The van der Waals surface area contributed by atoms with Gasteiger partial charge in [0.25, 0.3) is 0 Å². The van der Waals surface area contributed by atoms with Crippen LogP contribution < -0.4 is 30.7 Å². The highest BCUT2D eigenvalue weighted by Gasteiger charge is 2.25. The molecule has 0 spiro atoms. The van der Waals surface area contributed by atoms with Crippen LogP contribution in [0.2, 0.25) is 0 Å². The van der Waals surface area contributed by atoms with Gasteiger partial charge in [0.15, 0.2) is 9.32 Å². The molecular formula is C19H24IO2+. The summed E-state index contributed by atoms with van der Waals surface area (Å²) < 4.78 is 13.6.